The van der Waals surface area contributed by atoms with Gasteiger partial charge in [-0.3, -0.25) is 20.6 Å². The van der Waals surface area contributed by atoms with E-state index in [4.69, 9.17) is 12.2 Å². The molecule has 0 unspecified atom stereocenters. The second-order valence-electron chi connectivity index (χ2n) is 3.22. The van der Waals surface area contributed by atoms with Crippen molar-refractivity contribution < 1.29 is 4.79 Å². The molecular weight excluding hydrogens is 228 g/mol. The molecule has 1 heterocycles. The Morgan fingerprint density at radius 3 is 2.75 bits per heavy atom. The summed E-state index contributed by atoms with van der Waals surface area (Å²) in [5.74, 6) is 0.781. The maximum atomic E-state index is 11.0. The molecule has 88 valence electrons. The SMILES string of the molecule is CCC(=O)NNc1nc(=S)nc(N(C)C)[nH]1. The molecule has 0 bridgehead atoms. The van der Waals surface area contributed by atoms with Crippen molar-refractivity contribution in [3.63, 3.8) is 0 Å². The Hall–Kier alpha value is -1.70. The van der Waals surface area contributed by atoms with Gasteiger partial charge in [0.2, 0.25) is 22.6 Å². The van der Waals surface area contributed by atoms with E-state index in [1.807, 2.05) is 14.1 Å². The fourth-order valence-electron chi connectivity index (χ4n) is 0.861. The molecule has 0 atom stereocenters. The molecule has 0 aliphatic heterocycles. The first-order chi connectivity index (χ1) is 7.52. The summed E-state index contributed by atoms with van der Waals surface area (Å²) in [7, 11) is 3.64. The van der Waals surface area contributed by atoms with Crippen LogP contribution in [0, 0.1) is 4.77 Å². The lowest BCUT2D eigenvalue weighted by molar-refractivity contribution is -0.120. The number of rotatable bonds is 4. The minimum Gasteiger partial charge on any atom is -0.348 e. The average molecular weight is 242 g/mol. The number of hydrazine groups is 1. The molecule has 1 amide bonds. The summed E-state index contributed by atoms with van der Waals surface area (Å²) < 4.78 is 0.204. The number of aromatic nitrogens is 3. The van der Waals surface area contributed by atoms with Crippen molar-refractivity contribution in [2.24, 2.45) is 0 Å². The van der Waals surface area contributed by atoms with Gasteiger partial charge in [0.15, 0.2) is 0 Å². The van der Waals surface area contributed by atoms with E-state index in [-0.39, 0.29) is 10.7 Å². The van der Waals surface area contributed by atoms with Crippen LogP contribution in [0.2, 0.25) is 0 Å². The monoisotopic (exact) mass is 242 g/mol. The van der Waals surface area contributed by atoms with Crippen LogP contribution in [0.1, 0.15) is 13.3 Å². The van der Waals surface area contributed by atoms with Crippen LogP contribution in [0.15, 0.2) is 0 Å². The van der Waals surface area contributed by atoms with Gasteiger partial charge in [-0.05, 0) is 12.2 Å². The van der Waals surface area contributed by atoms with Crippen LogP contribution in [-0.4, -0.2) is 35.0 Å². The maximum Gasteiger partial charge on any atom is 0.238 e. The third kappa shape index (κ3) is 3.46. The van der Waals surface area contributed by atoms with Crippen molar-refractivity contribution in [1.29, 1.82) is 0 Å². The van der Waals surface area contributed by atoms with Crippen molar-refractivity contribution in [2.45, 2.75) is 13.3 Å². The van der Waals surface area contributed by atoms with E-state index < -0.39 is 0 Å². The number of nitrogens with one attached hydrogen (secondary N) is 3. The molecule has 0 aromatic carbocycles. The number of nitrogens with zero attached hydrogens (tertiary/aromatic N) is 3. The zero-order valence-corrected chi connectivity index (χ0v) is 10.2. The lowest BCUT2D eigenvalue weighted by atomic mass is 10.5. The number of carbonyl (C=O) groups excluding carboxylic acids is 1. The Balaban J connectivity index is 2.80. The van der Waals surface area contributed by atoms with Crippen LogP contribution >= 0.6 is 12.2 Å². The van der Waals surface area contributed by atoms with Gasteiger partial charge in [-0.2, -0.15) is 9.97 Å². The molecule has 8 heteroatoms. The summed E-state index contributed by atoms with van der Waals surface area (Å²) >= 11 is 4.89. The third-order valence-electron chi connectivity index (χ3n) is 1.70. The first-order valence-electron chi connectivity index (χ1n) is 4.73. The molecule has 1 aromatic rings. The zero-order chi connectivity index (χ0) is 12.1. The molecule has 0 spiro atoms. The van der Waals surface area contributed by atoms with Crippen molar-refractivity contribution in [2.75, 3.05) is 24.4 Å². The van der Waals surface area contributed by atoms with Gasteiger partial charge in [-0.25, -0.2) is 0 Å². The highest BCUT2D eigenvalue weighted by atomic mass is 32.1. The van der Waals surface area contributed by atoms with E-state index in [1.54, 1.807) is 11.8 Å². The van der Waals surface area contributed by atoms with Gasteiger partial charge >= 0.3 is 0 Å². The minimum atomic E-state index is -0.135. The highest BCUT2D eigenvalue weighted by Gasteiger charge is 2.02. The molecule has 1 rings (SSSR count). The van der Waals surface area contributed by atoms with E-state index in [2.05, 4.69) is 25.8 Å². The Labute approximate surface area is 98.3 Å². The van der Waals surface area contributed by atoms with Gasteiger partial charge in [-0.15, -0.1) is 0 Å². The molecule has 7 nitrogen and oxygen atoms in total. The standard InChI is InChI=1S/C8H14N6OS/c1-4-5(15)12-13-6-9-7(14(2)3)11-8(16)10-6/h4H2,1-3H3,(H,12,15)(H2,9,10,11,13,16). The van der Waals surface area contributed by atoms with E-state index in [0.29, 0.717) is 18.3 Å². The molecule has 1 aromatic heterocycles. The zero-order valence-electron chi connectivity index (χ0n) is 9.37. The fourth-order valence-corrected chi connectivity index (χ4v) is 1.04. The van der Waals surface area contributed by atoms with Gasteiger partial charge < -0.3 is 4.90 Å². The van der Waals surface area contributed by atoms with Crippen molar-refractivity contribution >= 4 is 30.0 Å². The summed E-state index contributed by atoms with van der Waals surface area (Å²) in [5, 5.41) is 0. The predicted molar refractivity (Wildman–Crippen MR) is 63.6 cm³/mol. The summed E-state index contributed by atoms with van der Waals surface area (Å²) in [5.41, 5.74) is 5.10. The summed E-state index contributed by atoms with van der Waals surface area (Å²) in [6.07, 6.45) is 0.388. The van der Waals surface area contributed by atoms with Crippen molar-refractivity contribution in [3.8, 4) is 0 Å². The second kappa shape index (κ2) is 5.40. The lowest BCUT2D eigenvalue weighted by Gasteiger charge is -2.12. The van der Waals surface area contributed by atoms with Gasteiger partial charge in [-0.1, -0.05) is 6.92 Å². The largest absolute Gasteiger partial charge is 0.348 e. The summed E-state index contributed by atoms with van der Waals surface area (Å²) in [6, 6.07) is 0. The third-order valence-corrected chi connectivity index (χ3v) is 1.89. The van der Waals surface area contributed by atoms with Gasteiger partial charge in [0, 0.05) is 20.5 Å². The van der Waals surface area contributed by atoms with Crippen LogP contribution < -0.4 is 15.8 Å². The average Bonchev–Trinajstić information content (AvgIpc) is 2.25. The molecule has 16 heavy (non-hydrogen) atoms. The summed E-state index contributed by atoms with van der Waals surface area (Å²) in [6.45, 7) is 1.75. The molecule has 0 saturated heterocycles. The first kappa shape index (κ1) is 12.4. The van der Waals surface area contributed by atoms with Crippen LogP contribution in [0.4, 0.5) is 11.9 Å². The summed E-state index contributed by atoms with van der Waals surface area (Å²) in [4.78, 5) is 23.6. The maximum absolute atomic E-state index is 11.0. The normalized spacial score (nSPS) is 9.69. The minimum absolute atomic E-state index is 0.135. The van der Waals surface area contributed by atoms with Crippen LogP contribution in [0.25, 0.3) is 0 Å². The Morgan fingerprint density at radius 1 is 1.50 bits per heavy atom. The second-order valence-corrected chi connectivity index (χ2v) is 3.59. The molecule has 0 aliphatic rings. The van der Waals surface area contributed by atoms with Crippen LogP contribution in [0.5, 0.6) is 0 Å². The van der Waals surface area contributed by atoms with E-state index in [1.165, 1.54) is 0 Å². The predicted octanol–water partition coefficient (Wildman–Crippen LogP) is 0.453. The van der Waals surface area contributed by atoms with E-state index in [9.17, 15) is 4.79 Å². The van der Waals surface area contributed by atoms with Crippen molar-refractivity contribution in [3.05, 3.63) is 4.77 Å². The number of aromatic amines is 1. The Morgan fingerprint density at radius 2 is 2.19 bits per heavy atom. The number of H-pyrrole nitrogens is 1. The first-order valence-corrected chi connectivity index (χ1v) is 5.14. The smallest absolute Gasteiger partial charge is 0.238 e. The Kier molecular flexibility index (Phi) is 4.18. The number of hydrogen-bond donors (Lipinski definition) is 3. The van der Waals surface area contributed by atoms with Crippen LogP contribution in [0.3, 0.4) is 0 Å². The molecule has 0 saturated carbocycles. The number of anilines is 2. The lowest BCUT2D eigenvalue weighted by Crippen LogP contribution is -2.30. The number of carbonyl (C=O) groups is 1. The van der Waals surface area contributed by atoms with E-state index in [0.717, 1.165) is 0 Å². The molecular formula is C8H14N6OS. The molecule has 0 fully saturated rings. The number of hydrogen-bond acceptors (Lipinski definition) is 6. The Bertz CT molecular complexity index is 429. The quantitative estimate of drug-likeness (QED) is 0.525. The highest BCUT2D eigenvalue weighted by Crippen LogP contribution is 2.04. The van der Waals surface area contributed by atoms with Gasteiger partial charge in [0.1, 0.15) is 0 Å². The van der Waals surface area contributed by atoms with E-state index >= 15 is 0 Å². The van der Waals surface area contributed by atoms with Crippen LogP contribution in [-0.2, 0) is 4.79 Å². The fraction of sp³-hybridized carbons (Fsp3) is 0.500. The van der Waals surface area contributed by atoms with Gasteiger partial charge in [0.05, 0.1) is 0 Å². The topological polar surface area (TPSA) is 85.9 Å². The van der Waals surface area contributed by atoms with Gasteiger partial charge in [0.25, 0.3) is 0 Å². The molecule has 3 N–H and O–H groups in total. The van der Waals surface area contributed by atoms with Crippen molar-refractivity contribution in [1.82, 2.24) is 20.4 Å². The molecule has 0 aliphatic carbocycles. The molecule has 0 radical (unpaired) electrons. The highest BCUT2D eigenvalue weighted by molar-refractivity contribution is 7.71. The number of amides is 1.